The molecule has 0 saturated heterocycles. The van der Waals surface area contributed by atoms with E-state index >= 15 is 0 Å². The van der Waals surface area contributed by atoms with Crippen LogP contribution < -0.4 is 10.1 Å². The molecule has 0 saturated carbocycles. The van der Waals surface area contributed by atoms with Crippen LogP contribution in [0.3, 0.4) is 0 Å². The molecule has 23 heavy (non-hydrogen) atoms. The van der Waals surface area contributed by atoms with Gasteiger partial charge in [-0.25, -0.2) is 0 Å². The molecule has 5 heteroatoms. The fourth-order valence-electron chi connectivity index (χ4n) is 2.03. The minimum Gasteiger partial charge on any atom is -0.489 e. The summed E-state index contributed by atoms with van der Waals surface area (Å²) in [4.78, 5) is 10.8. The van der Waals surface area contributed by atoms with Crippen LogP contribution in [-0.4, -0.2) is 17.1 Å². The van der Waals surface area contributed by atoms with E-state index in [1.807, 2.05) is 42.5 Å². The van der Waals surface area contributed by atoms with Crippen LogP contribution in [0.1, 0.15) is 23.6 Å². The lowest BCUT2D eigenvalue weighted by Crippen LogP contribution is -2.33. The topological polar surface area (TPSA) is 58.6 Å². The average Bonchev–Trinajstić information content (AvgIpc) is 2.55. The lowest BCUT2D eigenvalue weighted by atomic mass is 10.1. The number of rotatable bonds is 7. The van der Waals surface area contributed by atoms with Gasteiger partial charge in [-0.2, -0.15) is 0 Å². The highest BCUT2D eigenvalue weighted by molar-refractivity contribution is 9.10. The van der Waals surface area contributed by atoms with Gasteiger partial charge in [0.2, 0.25) is 0 Å². The van der Waals surface area contributed by atoms with Crippen molar-refractivity contribution in [2.24, 2.45) is 0 Å². The molecule has 0 amide bonds. The zero-order chi connectivity index (χ0) is 16.8. The molecular weight excluding hydrogens is 358 g/mol. The fraction of sp³-hybridized carbons (Fsp3) is 0.278. The largest absolute Gasteiger partial charge is 0.489 e. The molecule has 122 valence electrons. The minimum atomic E-state index is -0.852. The van der Waals surface area contributed by atoms with Gasteiger partial charge in [-0.1, -0.05) is 40.2 Å². The van der Waals surface area contributed by atoms with Gasteiger partial charge in [0.15, 0.2) is 0 Å². The SMILES string of the molecule is Cc1c(Br)cccc1COc1ccc(CN[C@@H](C)C(=O)O)cc1. The summed E-state index contributed by atoms with van der Waals surface area (Å²) in [6.07, 6.45) is 0. The van der Waals surface area contributed by atoms with E-state index in [-0.39, 0.29) is 0 Å². The van der Waals surface area contributed by atoms with Crippen molar-refractivity contribution in [3.63, 3.8) is 0 Å². The Labute approximate surface area is 144 Å². The molecule has 0 spiro atoms. The van der Waals surface area contributed by atoms with Crippen LogP contribution in [0.15, 0.2) is 46.9 Å². The molecule has 0 aliphatic heterocycles. The molecule has 0 aliphatic carbocycles. The van der Waals surface area contributed by atoms with E-state index in [2.05, 4.69) is 28.2 Å². The van der Waals surface area contributed by atoms with Gasteiger partial charge in [0, 0.05) is 11.0 Å². The Morgan fingerprint density at radius 1 is 1.26 bits per heavy atom. The normalized spacial score (nSPS) is 12.0. The van der Waals surface area contributed by atoms with E-state index < -0.39 is 12.0 Å². The van der Waals surface area contributed by atoms with Crippen molar-refractivity contribution in [1.82, 2.24) is 5.32 Å². The van der Waals surface area contributed by atoms with E-state index in [0.717, 1.165) is 21.3 Å². The van der Waals surface area contributed by atoms with E-state index in [0.29, 0.717) is 13.2 Å². The first-order chi connectivity index (χ1) is 11.0. The zero-order valence-corrected chi connectivity index (χ0v) is 14.8. The first-order valence-corrected chi connectivity index (χ1v) is 8.18. The van der Waals surface area contributed by atoms with Crippen molar-refractivity contribution in [3.05, 3.63) is 63.6 Å². The highest BCUT2D eigenvalue weighted by atomic mass is 79.9. The van der Waals surface area contributed by atoms with Gasteiger partial charge in [-0.05, 0) is 48.7 Å². The summed E-state index contributed by atoms with van der Waals surface area (Å²) in [5.74, 6) is -0.0613. The third-order valence-corrected chi connectivity index (χ3v) is 4.54. The number of ether oxygens (including phenoxy) is 1. The van der Waals surface area contributed by atoms with E-state index in [1.165, 1.54) is 5.56 Å². The van der Waals surface area contributed by atoms with Crippen molar-refractivity contribution < 1.29 is 14.6 Å². The summed E-state index contributed by atoms with van der Waals surface area (Å²) < 4.78 is 6.89. The zero-order valence-electron chi connectivity index (χ0n) is 13.2. The molecule has 0 bridgehead atoms. The first-order valence-electron chi connectivity index (χ1n) is 7.39. The molecule has 2 aromatic carbocycles. The monoisotopic (exact) mass is 377 g/mol. The van der Waals surface area contributed by atoms with Crippen molar-refractivity contribution in [2.75, 3.05) is 0 Å². The second-order valence-corrected chi connectivity index (χ2v) is 6.25. The summed E-state index contributed by atoms with van der Waals surface area (Å²) in [7, 11) is 0. The molecular formula is C18H20BrNO3. The number of halogens is 1. The van der Waals surface area contributed by atoms with Crippen LogP contribution in [0.4, 0.5) is 0 Å². The summed E-state index contributed by atoms with van der Waals surface area (Å²) in [5.41, 5.74) is 3.33. The van der Waals surface area contributed by atoms with Gasteiger partial charge in [0.1, 0.15) is 18.4 Å². The Bertz CT molecular complexity index is 670. The highest BCUT2D eigenvalue weighted by Crippen LogP contribution is 2.21. The van der Waals surface area contributed by atoms with Crippen molar-refractivity contribution in [1.29, 1.82) is 0 Å². The second-order valence-electron chi connectivity index (χ2n) is 5.40. The maximum Gasteiger partial charge on any atom is 0.320 e. The molecule has 0 aromatic heterocycles. The van der Waals surface area contributed by atoms with Crippen LogP contribution in [0, 0.1) is 6.92 Å². The molecule has 2 N–H and O–H groups in total. The van der Waals surface area contributed by atoms with Crippen molar-refractivity contribution in [2.45, 2.75) is 33.0 Å². The number of carbonyl (C=O) groups is 1. The molecule has 0 radical (unpaired) electrons. The number of carboxylic acids is 1. The number of hydrogen-bond donors (Lipinski definition) is 2. The number of carboxylic acid groups (broad SMARTS) is 1. The van der Waals surface area contributed by atoms with Gasteiger partial charge in [-0.15, -0.1) is 0 Å². The Balaban J connectivity index is 1.90. The van der Waals surface area contributed by atoms with Crippen molar-refractivity contribution in [3.8, 4) is 5.75 Å². The Morgan fingerprint density at radius 3 is 2.61 bits per heavy atom. The maximum absolute atomic E-state index is 10.8. The summed E-state index contributed by atoms with van der Waals surface area (Å²) in [6.45, 7) is 4.71. The van der Waals surface area contributed by atoms with Crippen LogP contribution in [0.5, 0.6) is 5.75 Å². The molecule has 0 heterocycles. The predicted molar refractivity (Wildman–Crippen MR) is 93.6 cm³/mol. The lowest BCUT2D eigenvalue weighted by molar-refractivity contribution is -0.139. The van der Waals surface area contributed by atoms with Crippen LogP contribution in [0.25, 0.3) is 0 Å². The van der Waals surface area contributed by atoms with Gasteiger partial charge >= 0.3 is 5.97 Å². The van der Waals surface area contributed by atoms with Gasteiger partial charge < -0.3 is 15.2 Å². The number of benzene rings is 2. The Kier molecular flexibility index (Phi) is 6.19. The molecule has 0 fully saturated rings. The smallest absolute Gasteiger partial charge is 0.320 e. The number of aliphatic carboxylic acids is 1. The van der Waals surface area contributed by atoms with E-state index in [1.54, 1.807) is 6.92 Å². The van der Waals surface area contributed by atoms with Crippen LogP contribution in [-0.2, 0) is 17.9 Å². The predicted octanol–water partition coefficient (Wildman–Crippen LogP) is 3.90. The summed E-state index contributed by atoms with van der Waals surface area (Å²) >= 11 is 3.52. The number of hydrogen-bond acceptors (Lipinski definition) is 3. The lowest BCUT2D eigenvalue weighted by Gasteiger charge is -2.11. The Hall–Kier alpha value is -1.85. The highest BCUT2D eigenvalue weighted by Gasteiger charge is 2.09. The molecule has 4 nitrogen and oxygen atoms in total. The summed E-state index contributed by atoms with van der Waals surface area (Å²) in [5, 5.41) is 11.8. The van der Waals surface area contributed by atoms with E-state index in [9.17, 15) is 4.79 Å². The quantitative estimate of drug-likeness (QED) is 0.767. The Morgan fingerprint density at radius 2 is 1.96 bits per heavy atom. The van der Waals surface area contributed by atoms with Crippen LogP contribution >= 0.6 is 15.9 Å². The third kappa shape index (κ3) is 5.08. The van der Waals surface area contributed by atoms with E-state index in [4.69, 9.17) is 9.84 Å². The fourth-order valence-corrected chi connectivity index (χ4v) is 2.44. The molecule has 2 aromatic rings. The van der Waals surface area contributed by atoms with Gasteiger partial charge in [0.25, 0.3) is 0 Å². The molecule has 2 rings (SSSR count). The maximum atomic E-state index is 10.8. The van der Waals surface area contributed by atoms with Crippen molar-refractivity contribution >= 4 is 21.9 Å². The van der Waals surface area contributed by atoms with Gasteiger partial charge in [-0.3, -0.25) is 4.79 Å². The minimum absolute atomic E-state index is 0.512. The van der Waals surface area contributed by atoms with Gasteiger partial charge in [0.05, 0.1) is 0 Å². The molecule has 0 unspecified atom stereocenters. The summed E-state index contributed by atoms with van der Waals surface area (Å²) in [6, 6.07) is 13.2. The molecule has 1 atom stereocenters. The van der Waals surface area contributed by atoms with Crippen LogP contribution in [0.2, 0.25) is 0 Å². The second kappa shape index (κ2) is 8.13. The first kappa shape index (κ1) is 17.5. The standard InChI is InChI=1S/C18H20BrNO3/c1-12-15(4-3-5-17(12)19)11-23-16-8-6-14(7-9-16)10-20-13(2)18(21)22/h3-9,13,20H,10-11H2,1-2H3,(H,21,22)/t13-/m0/s1. The average molecular weight is 378 g/mol. The third-order valence-electron chi connectivity index (χ3n) is 3.68. The number of nitrogens with one attached hydrogen (secondary N) is 1. The molecule has 0 aliphatic rings.